The highest BCUT2D eigenvalue weighted by Gasteiger charge is 2.22. The van der Waals surface area contributed by atoms with Gasteiger partial charge in [-0.3, -0.25) is 14.2 Å². The van der Waals surface area contributed by atoms with Crippen LogP contribution in [0.3, 0.4) is 0 Å². The van der Waals surface area contributed by atoms with Crippen LogP contribution >= 0.6 is 7.82 Å². The summed E-state index contributed by atoms with van der Waals surface area (Å²) < 4.78 is 40.1. The zero-order valence-electron chi connectivity index (χ0n) is 39.9. The number of esters is 2. The van der Waals surface area contributed by atoms with E-state index < -0.39 is 38.6 Å². The largest absolute Gasteiger partial charge is 0.756 e. The summed E-state index contributed by atoms with van der Waals surface area (Å²) in [4.78, 5) is 37.7. The SMILES string of the molecule is CCCCC/C=C\C/C=C\CC(O)/C=C\C=C\CCCC(=O)O[C@H](COC(=O)CCCCCCCCCCc1oc(CCCCC)c(C)c1C)COP(=O)([O-])OCC[N+](C)(C)C. The molecule has 11 nitrogen and oxygen atoms in total. The van der Waals surface area contributed by atoms with Crippen molar-refractivity contribution in [1.82, 2.24) is 0 Å². The number of aliphatic hydroxyl groups is 1. The van der Waals surface area contributed by atoms with Crippen molar-refractivity contribution in [3.8, 4) is 0 Å². The Morgan fingerprint density at radius 2 is 1.29 bits per heavy atom. The number of furan rings is 1. The van der Waals surface area contributed by atoms with Crippen LogP contribution in [0.2, 0.25) is 0 Å². The lowest BCUT2D eigenvalue weighted by Crippen LogP contribution is -2.37. The van der Waals surface area contributed by atoms with Gasteiger partial charge in [-0.1, -0.05) is 127 Å². The number of likely N-dealkylation sites (N-methyl/N-ethyl adjacent to an activating group) is 1. The Labute approximate surface area is 376 Å². The zero-order chi connectivity index (χ0) is 45.9. The van der Waals surface area contributed by atoms with E-state index in [-0.39, 0.29) is 26.1 Å². The molecule has 1 rings (SSSR count). The number of unbranched alkanes of at least 4 members (excludes halogenated alkanes) is 13. The van der Waals surface area contributed by atoms with Crippen molar-refractivity contribution in [2.24, 2.45) is 0 Å². The van der Waals surface area contributed by atoms with Crippen LogP contribution < -0.4 is 4.89 Å². The van der Waals surface area contributed by atoms with E-state index >= 15 is 0 Å². The van der Waals surface area contributed by atoms with Crippen LogP contribution in [-0.4, -0.2) is 81.2 Å². The summed E-state index contributed by atoms with van der Waals surface area (Å²) in [5.41, 5.74) is 2.64. The Balaban J connectivity index is 2.41. The normalized spacial score (nSPS) is 14.4. The molecular formula is C50H86NO10P. The summed E-state index contributed by atoms with van der Waals surface area (Å²) in [7, 11) is 1.05. The van der Waals surface area contributed by atoms with Crippen molar-refractivity contribution in [1.29, 1.82) is 0 Å². The highest BCUT2D eigenvalue weighted by atomic mass is 31.2. The molecular weight excluding hydrogens is 806 g/mol. The maximum Gasteiger partial charge on any atom is 0.306 e. The summed E-state index contributed by atoms with van der Waals surface area (Å²) >= 11 is 0. The van der Waals surface area contributed by atoms with Gasteiger partial charge in [-0.25, -0.2) is 0 Å². The quantitative estimate of drug-likeness (QED) is 0.0169. The van der Waals surface area contributed by atoms with E-state index in [1.165, 1.54) is 68.3 Å². The van der Waals surface area contributed by atoms with Gasteiger partial charge in [0, 0.05) is 25.7 Å². The van der Waals surface area contributed by atoms with Gasteiger partial charge in [0.25, 0.3) is 7.82 Å². The number of aryl methyl sites for hydroxylation is 2. The molecule has 1 aromatic rings. The van der Waals surface area contributed by atoms with Crippen LogP contribution in [-0.2, 0) is 45.5 Å². The lowest BCUT2D eigenvalue weighted by molar-refractivity contribution is -0.870. The number of phosphoric ester groups is 1. The number of carbonyl (C=O) groups excluding carboxylic acids is 2. The minimum Gasteiger partial charge on any atom is -0.756 e. The Morgan fingerprint density at radius 1 is 0.710 bits per heavy atom. The number of hydrogen-bond acceptors (Lipinski definition) is 10. The molecule has 1 heterocycles. The number of allylic oxidation sites excluding steroid dienone is 6. The minimum absolute atomic E-state index is 0.0647. The van der Waals surface area contributed by atoms with Crippen LogP contribution in [0.25, 0.3) is 0 Å². The molecule has 356 valence electrons. The van der Waals surface area contributed by atoms with Crippen LogP contribution in [0.15, 0.2) is 53.0 Å². The van der Waals surface area contributed by atoms with Crippen molar-refractivity contribution >= 4 is 19.8 Å². The van der Waals surface area contributed by atoms with E-state index in [1.807, 2.05) is 39.4 Å². The first-order valence-corrected chi connectivity index (χ1v) is 25.3. The van der Waals surface area contributed by atoms with Gasteiger partial charge in [-0.2, -0.15) is 0 Å². The first kappa shape index (κ1) is 57.2. The van der Waals surface area contributed by atoms with Crippen LogP contribution in [0.1, 0.15) is 171 Å². The van der Waals surface area contributed by atoms with Crippen molar-refractivity contribution in [2.75, 3.05) is 47.5 Å². The molecule has 0 aliphatic carbocycles. The molecule has 0 saturated carbocycles. The molecule has 12 heteroatoms. The van der Waals surface area contributed by atoms with E-state index in [0.29, 0.717) is 36.7 Å². The molecule has 0 aliphatic rings. The van der Waals surface area contributed by atoms with E-state index in [1.54, 1.807) is 12.2 Å². The number of quaternary nitrogens is 1. The van der Waals surface area contributed by atoms with Gasteiger partial charge in [0.15, 0.2) is 6.10 Å². The summed E-state index contributed by atoms with van der Waals surface area (Å²) in [6.07, 6.45) is 35.6. The fourth-order valence-corrected chi connectivity index (χ4v) is 7.28. The van der Waals surface area contributed by atoms with Crippen molar-refractivity contribution in [2.45, 2.75) is 188 Å². The molecule has 0 fully saturated rings. The molecule has 0 saturated heterocycles. The fraction of sp³-hybridized carbons (Fsp3) is 0.720. The first-order valence-electron chi connectivity index (χ1n) is 23.8. The Kier molecular flexibility index (Phi) is 32.8. The Hall–Kier alpha value is -2.79. The summed E-state index contributed by atoms with van der Waals surface area (Å²) in [6.45, 7) is 8.32. The highest BCUT2D eigenvalue weighted by molar-refractivity contribution is 7.45. The summed E-state index contributed by atoms with van der Waals surface area (Å²) in [6, 6.07) is 0. The smallest absolute Gasteiger partial charge is 0.306 e. The number of rotatable bonds is 39. The third-order valence-electron chi connectivity index (χ3n) is 10.6. The predicted molar refractivity (Wildman–Crippen MR) is 250 cm³/mol. The predicted octanol–water partition coefficient (Wildman–Crippen LogP) is 11.5. The molecule has 0 amide bonds. The monoisotopic (exact) mass is 892 g/mol. The van der Waals surface area contributed by atoms with Gasteiger partial charge < -0.3 is 37.4 Å². The topological polar surface area (TPSA) is 145 Å². The van der Waals surface area contributed by atoms with E-state index in [2.05, 4.69) is 45.9 Å². The summed E-state index contributed by atoms with van der Waals surface area (Å²) in [5.74, 6) is 1.33. The molecule has 2 unspecified atom stereocenters. The fourth-order valence-electron chi connectivity index (χ4n) is 6.55. The average molecular weight is 892 g/mol. The maximum atomic E-state index is 12.7. The number of phosphoric acid groups is 1. The first-order chi connectivity index (χ1) is 29.7. The number of aliphatic hydroxyl groups excluding tert-OH is 1. The van der Waals surface area contributed by atoms with E-state index in [0.717, 1.165) is 63.5 Å². The number of carbonyl (C=O) groups is 2. The molecule has 0 spiro atoms. The maximum absolute atomic E-state index is 12.7. The van der Waals surface area contributed by atoms with Crippen LogP contribution in [0, 0.1) is 13.8 Å². The van der Waals surface area contributed by atoms with Gasteiger partial charge in [0.2, 0.25) is 0 Å². The second kappa shape index (κ2) is 35.5. The second-order valence-electron chi connectivity index (χ2n) is 17.6. The van der Waals surface area contributed by atoms with Gasteiger partial charge in [0.05, 0.1) is 33.9 Å². The molecule has 3 atom stereocenters. The van der Waals surface area contributed by atoms with Crippen molar-refractivity contribution in [3.05, 3.63) is 71.3 Å². The van der Waals surface area contributed by atoms with E-state index in [9.17, 15) is 24.2 Å². The lowest BCUT2D eigenvalue weighted by Gasteiger charge is -2.28. The third-order valence-corrected chi connectivity index (χ3v) is 11.6. The third kappa shape index (κ3) is 32.0. The van der Waals surface area contributed by atoms with Gasteiger partial charge >= 0.3 is 11.9 Å². The van der Waals surface area contributed by atoms with Crippen LogP contribution in [0.4, 0.5) is 0 Å². The minimum atomic E-state index is -4.68. The molecule has 0 bridgehead atoms. The Morgan fingerprint density at radius 3 is 1.95 bits per heavy atom. The summed E-state index contributed by atoms with van der Waals surface area (Å²) in [5, 5.41) is 10.2. The number of hydrogen-bond donors (Lipinski definition) is 1. The van der Waals surface area contributed by atoms with Crippen LogP contribution in [0.5, 0.6) is 0 Å². The second-order valence-corrected chi connectivity index (χ2v) is 19.0. The van der Waals surface area contributed by atoms with E-state index in [4.69, 9.17) is 22.9 Å². The van der Waals surface area contributed by atoms with Gasteiger partial charge in [0.1, 0.15) is 31.3 Å². The molecule has 1 aromatic heterocycles. The molecule has 0 radical (unpaired) electrons. The zero-order valence-corrected chi connectivity index (χ0v) is 40.8. The molecule has 1 N–H and O–H groups in total. The molecule has 0 aliphatic heterocycles. The van der Waals surface area contributed by atoms with Gasteiger partial charge in [-0.15, -0.1) is 0 Å². The Bertz CT molecular complexity index is 1490. The molecule has 62 heavy (non-hydrogen) atoms. The molecule has 0 aromatic carbocycles. The number of ether oxygens (including phenoxy) is 2. The highest BCUT2D eigenvalue weighted by Crippen LogP contribution is 2.38. The van der Waals surface area contributed by atoms with Crippen molar-refractivity contribution < 1.29 is 51.6 Å². The van der Waals surface area contributed by atoms with Gasteiger partial charge in [-0.05, 0) is 82.8 Å². The van der Waals surface area contributed by atoms with Crippen molar-refractivity contribution in [3.63, 3.8) is 0 Å². The number of nitrogens with zero attached hydrogens (tertiary/aromatic N) is 1. The lowest BCUT2D eigenvalue weighted by atomic mass is 10.0. The standard InChI is InChI=1S/C50H86NO10P/c1-8-10-12-13-14-15-18-22-28-33-45(52)34-29-23-21-26-32-38-50(54)60-46(42-59-62(55,56)58-40-39-51(5,6)7)41-57-49(53)37-31-25-20-17-16-19-24-30-36-48-44(4)43(3)47(61-48)35-27-11-9-2/h14-15,21-23,28-29,34,45-46,52H,8-13,16-20,24-27,30-33,35-42H2,1-7H3/b15-14-,23-21+,28-22-,34-29-/t45?,46-/m1/s1. The average Bonchev–Trinajstić information content (AvgIpc) is 3.48.